The predicted octanol–water partition coefficient (Wildman–Crippen LogP) is 5.57. The van der Waals surface area contributed by atoms with Gasteiger partial charge in [0, 0.05) is 23.8 Å². The number of carbonyl (C=O) groups is 3. The summed E-state index contributed by atoms with van der Waals surface area (Å²) in [4.78, 5) is 40.9. The van der Waals surface area contributed by atoms with Gasteiger partial charge in [-0.3, -0.25) is 14.5 Å². The number of amides is 2. The first-order chi connectivity index (χ1) is 19.8. The Bertz CT molecular complexity index is 1400. The number of nitrogens with two attached hydrogens (primary N) is 1. The molecule has 0 saturated carbocycles. The minimum absolute atomic E-state index is 0.0112. The molecule has 0 spiro atoms. The number of carbonyl (C=O) groups excluding carboxylic acids is 2. The molecule has 9 nitrogen and oxygen atoms in total. The molecule has 4 N–H and O–H groups in total. The van der Waals surface area contributed by atoms with Crippen molar-refractivity contribution in [2.24, 2.45) is 10.7 Å². The van der Waals surface area contributed by atoms with Gasteiger partial charge in [-0.15, -0.1) is 0 Å². The van der Waals surface area contributed by atoms with E-state index in [-0.39, 0.29) is 46.7 Å². The second kappa shape index (κ2) is 12.8. The first-order valence-electron chi connectivity index (χ1n) is 12.7. The smallest absolute Gasteiger partial charge is 0.475 e. The van der Waals surface area contributed by atoms with E-state index in [0.717, 1.165) is 24.3 Å². The maximum absolute atomic E-state index is 13.2. The largest absolute Gasteiger partial charge is 0.490 e. The number of nitrogens with zero attached hydrogens (tertiary/aromatic N) is 2. The number of alkyl halides is 6. The molecule has 2 aliphatic rings. The van der Waals surface area contributed by atoms with E-state index in [1.807, 2.05) is 6.92 Å². The minimum Gasteiger partial charge on any atom is -0.475 e. The Hall–Kier alpha value is -3.85. The highest BCUT2D eigenvalue weighted by molar-refractivity contribution is 6.35. The third kappa shape index (κ3) is 8.16. The molecule has 0 aliphatic carbocycles. The van der Waals surface area contributed by atoms with E-state index >= 15 is 0 Å². The van der Waals surface area contributed by atoms with Crippen LogP contribution in [0.3, 0.4) is 0 Å². The fourth-order valence-electron chi connectivity index (χ4n) is 4.66. The third-order valence-corrected chi connectivity index (χ3v) is 7.15. The Labute approximate surface area is 246 Å². The molecule has 1 fully saturated rings. The van der Waals surface area contributed by atoms with Crippen LogP contribution in [-0.2, 0) is 26.0 Å². The SMILES string of the molecule is C[C@@H]1C[C@H](N2C(=O)C[C@@](C)(c3cccc(NC(=O)c4ccc(C(F)(F)F)cc4)c3Cl)N=C2N)CCO1.O=C(O)C(F)(F)F. The molecule has 3 atom stereocenters. The van der Waals surface area contributed by atoms with Crippen molar-refractivity contribution in [1.29, 1.82) is 0 Å². The topological polar surface area (TPSA) is 134 Å². The lowest BCUT2D eigenvalue weighted by Gasteiger charge is -2.41. The number of carboxylic acids is 1. The Morgan fingerprint density at radius 1 is 1.14 bits per heavy atom. The van der Waals surface area contributed by atoms with Gasteiger partial charge in [-0.05, 0) is 57.0 Å². The number of rotatable bonds is 4. The first kappa shape index (κ1) is 33.6. The van der Waals surface area contributed by atoms with Crippen LogP contribution in [0.25, 0.3) is 0 Å². The Kier molecular flexibility index (Phi) is 10.0. The summed E-state index contributed by atoms with van der Waals surface area (Å²) in [5, 5.41) is 9.92. The van der Waals surface area contributed by atoms with Crippen molar-refractivity contribution in [3.8, 4) is 0 Å². The van der Waals surface area contributed by atoms with Crippen LogP contribution in [0.15, 0.2) is 47.5 Å². The number of nitrogens with one attached hydrogen (secondary N) is 1. The monoisotopic (exact) mass is 636 g/mol. The fourth-order valence-corrected chi connectivity index (χ4v) is 5.03. The van der Waals surface area contributed by atoms with Gasteiger partial charge in [0.1, 0.15) is 0 Å². The van der Waals surface area contributed by atoms with E-state index < -0.39 is 35.3 Å². The van der Waals surface area contributed by atoms with Gasteiger partial charge in [-0.1, -0.05) is 23.7 Å². The summed E-state index contributed by atoms with van der Waals surface area (Å²) < 4.78 is 75.7. The van der Waals surface area contributed by atoms with Gasteiger partial charge in [-0.25, -0.2) is 9.79 Å². The molecule has 4 rings (SSSR count). The number of aliphatic imine (C=N–C) groups is 1. The molecule has 0 unspecified atom stereocenters. The number of carboxylic acid groups (broad SMARTS) is 1. The predicted molar refractivity (Wildman–Crippen MR) is 143 cm³/mol. The number of hydrogen-bond donors (Lipinski definition) is 3. The van der Waals surface area contributed by atoms with Crippen LogP contribution in [0.2, 0.25) is 5.02 Å². The van der Waals surface area contributed by atoms with E-state index in [4.69, 9.17) is 32.0 Å². The van der Waals surface area contributed by atoms with Gasteiger partial charge in [0.05, 0.1) is 34.3 Å². The maximum Gasteiger partial charge on any atom is 0.490 e. The molecular weight excluding hydrogens is 610 g/mol. The van der Waals surface area contributed by atoms with Crippen molar-refractivity contribution in [3.63, 3.8) is 0 Å². The summed E-state index contributed by atoms with van der Waals surface area (Å²) in [5.74, 6) is -3.47. The van der Waals surface area contributed by atoms with Crippen molar-refractivity contribution in [2.45, 2.75) is 63.1 Å². The van der Waals surface area contributed by atoms with E-state index in [2.05, 4.69) is 10.3 Å². The van der Waals surface area contributed by atoms with Crippen molar-refractivity contribution >= 4 is 41.0 Å². The molecule has 43 heavy (non-hydrogen) atoms. The van der Waals surface area contributed by atoms with Crippen LogP contribution < -0.4 is 11.1 Å². The molecule has 2 aromatic carbocycles. The molecule has 234 valence electrons. The molecular formula is C27H27ClF6N4O5. The summed E-state index contributed by atoms with van der Waals surface area (Å²) in [6.45, 7) is 4.22. The lowest BCUT2D eigenvalue weighted by molar-refractivity contribution is -0.192. The van der Waals surface area contributed by atoms with Crippen LogP contribution in [-0.4, -0.2) is 58.7 Å². The van der Waals surface area contributed by atoms with Crippen molar-refractivity contribution < 1.29 is 50.6 Å². The molecule has 1 saturated heterocycles. The molecule has 0 aromatic heterocycles. The summed E-state index contributed by atoms with van der Waals surface area (Å²) in [5.41, 5.74) is 5.11. The minimum atomic E-state index is -5.08. The van der Waals surface area contributed by atoms with Crippen molar-refractivity contribution in [3.05, 3.63) is 64.2 Å². The lowest BCUT2D eigenvalue weighted by atomic mass is 9.86. The number of hydrogen-bond acceptors (Lipinski definition) is 6. The van der Waals surface area contributed by atoms with E-state index in [0.29, 0.717) is 25.0 Å². The van der Waals surface area contributed by atoms with Crippen LogP contribution >= 0.6 is 11.6 Å². The summed E-state index contributed by atoms with van der Waals surface area (Å²) in [6, 6.07) is 8.67. The van der Waals surface area contributed by atoms with Gasteiger partial charge in [0.15, 0.2) is 5.96 Å². The van der Waals surface area contributed by atoms with E-state index in [1.54, 1.807) is 25.1 Å². The maximum atomic E-state index is 13.2. The Balaban J connectivity index is 0.000000646. The van der Waals surface area contributed by atoms with Gasteiger partial charge < -0.3 is 20.9 Å². The highest BCUT2D eigenvalue weighted by Gasteiger charge is 2.42. The lowest BCUT2D eigenvalue weighted by Crippen LogP contribution is -2.56. The standard InChI is InChI=1S/C25H26ClF3N4O3.C2HF3O2/c1-14-12-17(10-11-36-14)33-20(34)13-24(2,32-23(33)30)18-4-3-5-19(21(18)26)31-22(35)15-6-8-16(9-7-15)25(27,28)29;3-2(4,5)1(6)7/h3-9,14,17H,10-13H2,1-2H3,(H2,30,32)(H,31,35);(H,6,7)/t14-,17-,24+;/m1./s1. The van der Waals surface area contributed by atoms with Gasteiger partial charge >= 0.3 is 18.3 Å². The van der Waals surface area contributed by atoms with Crippen LogP contribution in [0.4, 0.5) is 32.0 Å². The normalized spacial score (nSPS) is 22.7. The third-order valence-electron chi connectivity index (χ3n) is 6.74. The zero-order chi connectivity index (χ0) is 32.3. The van der Waals surface area contributed by atoms with Gasteiger partial charge in [0.25, 0.3) is 5.91 Å². The number of aliphatic carboxylic acids is 1. The molecule has 16 heteroatoms. The van der Waals surface area contributed by atoms with Gasteiger partial charge in [0.2, 0.25) is 5.91 Å². The quantitative estimate of drug-likeness (QED) is 0.376. The van der Waals surface area contributed by atoms with Gasteiger partial charge in [-0.2, -0.15) is 26.3 Å². The molecule has 0 bridgehead atoms. The Morgan fingerprint density at radius 3 is 2.26 bits per heavy atom. The van der Waals surface area contributed by atoms with Crippen LogP contribution in [0.1, 0.15) is 54.6 Å². The molecule has 2 heterocycles. The number of benzene rings is 2. The summed E-state index contributed by atoms with van der Waals surface area (Å²) in [7, 11) is 0. The van der Waals surface area contributed by atoms with Crippen molar-refractivity contribution in [2.75, 3.05) is 11.9 Å². The van der Waals surface area contributed by atoms with E-state index in [9.17, 15) is 35.9 Å². The first-order valence-corrected chi connectivity index (χ1v) is 13.1. The molecule has 2 aromatic rings. The molecule has 0 radical (unpaired) electrons. The summed E-state index contributed by atoms with van der Waals surface area (Å²) in [6.07, 6.45) is -8.23. The van der Waals surface area contributed by atoms with Crippen molar-refractivity contribution in [1.82, 2.24) is 4.90 Å². The summed E-state index contributed by atoms with van der Waals surface area (Å²) >= 11 is 6.63. The average Bonchev–Trinajstić information content (AvgIpc) is 2.88. The zero-order valence-corrected chi connectivity index (χ0v) is 23.5. The number of guanidine groups is 1. The highest BCUT2D eigenvalue weighted by Crippen LogP contribution is 2.41. The van der Waals surface area contributed by atoms with E-state index in [1.165, 1.54) is 4.90 Å². The number of anilines is 1. The number of ether oxygens (including phenoxy) is 1. The fraction of sp³-hybridized carbons (Fsp3) is 0.407. The number of halogens is 7. The second-order valence-corrected chi connectivity index (χ2v) is 10.4. The van der Waals surface area contributed by atoms with Crippen LogP contribution in [0, 0.1) is 0 Å². The molecule has 2 aliphatic heterocycles. The van der Waals surface area contributed by atoms with Crippen LogP contribution in [0.5, 0.6) is 0 Å². The average molecular weight is 637 g/mol. The Morgan fingerprint density at radius 2 is 1.74 bits per heavy atom. The highest BCUT2D eigenvalue weighted by atomic mass is 35.5. The zero-order valence-electron chi connectivity index (χ0n) is 22.7. The second-order valence-electron chi connectivity index (χ2n) is 10.0. The molecule has 2 amide bonds.